The predicted octanol–water partition coefficient (Wildman–Crippen LogP) is 3.55. The van der Waals surface area contributed by atoms with Crippen molar-refractivity contribution in [2.75, 3.05) is 0 Å². The minimum atomic E-state index is -0.816. The topological polar surface area (TPSA) is 66.4 Å². The van der Waals surface area contributed by atoms with Gasteiger partial charge in [-0.3, -0.25) is 9.59 Å². The molecule has 4 nitrogen and oxygen atoms in total. The highest BCUT2D eigenvalue weighted by Gasteiger charge is 2.43. The normalized spacial score (nSPS) is 17.1. The van der Waals surface area contributed by atoms with E-state index in [-0.39, 0.29) is 23.8 Å². The largest absolute Gasteiger partial charge is 0.481 e. The second-order valence-electron chi connectivity index (χ2n) is 6.68. The third kappa shape index (κ3) is 4.81. The van der Waals surface area contributed by atoms with Crippen LogP contribution < -0.4 is 5.32 Å². The van der Waals surface area contributed by atoms with Gasteiger partial charge in [0.1, 0.15) is 0 Å². The van der Waals surface area contributed by atoms with Gasteiger partial charge in [0.15, 0.2) is 0 Å². The zero-order valence-corrected chi connectivity index (χ0v) is 13.9. The quantitative estimate of drug-likeness (QED) is 0.732. The maximum Gasteiger partial charge on any atom is 0.303 e. The van der Waals surface area contributed by atoms with Crippen LogP contribution in [0.5, 0.6) is 0 Å². The fraction of sp³-hybridized carbons (Fsp3) is 0.579. The first-order valence-corrected chi connectivity index (χ1v) is 8.62. The van der Waals surface area contributed by atoms with E-state index < -0.39 is 5.97 Å². The summed E-state index contributed by atoms with van der Waals surface area (Å²) in [5.41, 5.74) is 0.925. The van der Waals surface area contributed by atoms with Crippen LogP contribution in [0.2, 0.25) is 0 Å². The van der Waals surface area contributed by atoms with E-state index >= 15 is 0 Å². The second kappa shape index (κ2) is 8.14. The molecule has 0 aliphatic heterocycles. The predicted molar refractivity (Wildman–Crippen MR) is 90.1 cm³/mol. The average Bonchev–Trinajstić information content (AvgIpc) is 2.49. The van der Waals surface area contributed by atoms with E-state index in [0.717, 1.165) is 37.7 Å². The van der Waals surface area contributed by atoms with Crippen LogP contribution in [0.1, 0.15) is 57.4 Å². The number of carboxylic acid groups (broad SMARTS) is 1. The lowest BCUT2D eigenvalue weighted by molar-refractivity contribution is -0.139. The van der Waals surface area contributed by atoms with Crippen LogP contribution in [0.15, 0.2) is 30.3 Å². The first-order chi connectivity index (χ1) is 11.1. The Labute approximate surface area is 138 Å². The molecule has 1 unspecified atom stereocenters. The van der Waals surface area contributed by atoms with E-state index in [4.69, 9.17) is 5.11 Å². The Kier molecular flexibility index (Phi) is 6.20. The van der Waals surface area contributed by atoms with Crippen molar-refractivity contribution in [3.05, 3.63) is 35.9 Å². The SMILES string of the molecule is CCCC1(C(=O)NC(CCC(=O)O)Cc2ccccc2)CCC1. The molecule has 0 saturated heterocycles. The van der Waals surface area contributed by atoms with Gasteiger partial charge in [-0.05, 0) is 37.7 Å². The molecule has 0 aromatic heterocycles. The number of benzene rings is 1. The standard InChI is InChI=1S/C19H27NO3/c1-2-11-19(12-6-13-19)18(23)20-16(9-10-17(21)22)14-15-7-4-3-5-8-15/h3-5,7-8,16H,2,6,9-14H2,1H3,(H,20,23)(H,21,22). The number of carboxylic acids is 1. The molecule has 0 radical (unpaired) electrons. The lowest BCUT2D eigenvalue weighted by atomic mass is 9.65. The van der Waals surface area contributed by atoms with Crippen molar-refractivity contribution >= 4 is 11.9 Å². The smallest absolute Gasteiger partial charge is 0.303 e. The summed E-state index contributed by atoms with van der Waals surface area (Å²) < 4.78 is 0. The summed E-state index contributed by atoms with van der Waals surface area (Å²) >= 11 is 0. The molecule has 1 fully saturated rings. The molecule has 4 heteroatoms. The number of aliphatic carboxylic acids is 1. The lowest BCUT2D eigenvalue weighted by Gasteiger charge is -2.41. The Bertz CT molecular complexity index is 523. The van der Waals surface area contributed by atoms with Gasteiger partial charge in [0, 0.05) is 17.9 Å². The molecule has 2 rings (SSSR count). The molecule has 0 spiro atoms. The van der Waals surface area contributed by atoms with E-state index in [9.17, 15) is 9.59 Å². The summed E-state index contributed by atoms with van der Waals surface area (Å²) in [6.45, 7) is 2.11. The van der Waals surface area contributed by atoms with Gasteiger partial charge < -0.3 is 10.4 Å². The molecule has 1 aromatic carbocycles. The zero-order valence-electron chi connectivity index (χ0n) is 13.9. The summed E-state index contributed by atoms with van der Waals surface area (Å²) in [5.74, 6) is -0.693. The zero-order chi connectivity index (χ0) is 16.7. The first-order valence-electron chi connectivity index (χ1n) is 8.62. The van der Waals surface area contributed by atoms with Crippen molar-refractivity contribution in [2.45, 2.75) is 64.3 Å². The Morgan fingerprint density at radius 2 is 1.96 bits per heavy atom. The third-order valence-electron chi connectivity index (χ3n) is 4.89. The van der Waals surface area contributed by atoms with Gasteiger partial charge in [0.2, 0.25) is 5.91 Å². The maximum absolute atomic E-state index is 12.7. The molecule has 1 atom stereocenters. The Morgan fingerprint density at radius 3 is 2.48 bits per heavy atom. The molecular formula is C19H27NO3. The number of carbonyl (C=O) groups excluding carboxylic acids is 1. The van der Waals surface area contributed by atoms with Crippen LogP contribution >= 0.6 is 0 Å². The van der Waals surface area contributed by atoms with Crippen LogP contribution in [-0.2, 0) is 16.0 Å². The summed E-state index contributed by atoms with van der Waals surface area (Å²) in [4.78, 5) is 23.6. The lowest BCUT2D eigenvalue weighted by Crippen LogP contribution is -2.49. The van der Waals surface area contributed by atoms with Gasteiger partial charge in [0.25, 0.3) is 0 Å². The maximum atomic E-state index is 12.7. The minimum absolute atomic E-state index is 0.0819. The minimum Gasteiger partial charge on any atom is -0.481 e. The highest BCUT2D eigenvalue weighted by molar-refractivity contribution is 5.83. The number of amides is 1. The van der Waals surface area contributed by atoms with Gasteiger partial charge in [-0.25, -0.2) is 0 Å². The second-order valence-corrected chi connectivity index (χ2v) is 6.68. The number of hydrogen-bond acceptors (Lipinski definition) is 2. The van der Waals surface area contributed by atoms with Crippen LogP contribution in [0.4, 0.5) is 0 Å². The third-order valence-corrected chi connectivity index (χ3v) is 4.89. The number of nitrogens with one attached hydrogen (secondary N) is 1. The van der Waals surface area contributed by atoms with Crippen molar-refractivity contribution in [3.8, 4) is 0 Å². The molecule has 1 aliphatic rings. The van der Waals surface area contributed by atoms with E-state index in [1.165, 1.54) is 0 Å². The molecule has 0 bridgehead atoms. The molecule has 0 heterocycles. The van der Waals surface area contributed by atoms with E-state index in [2.05, 4.69) is 12.2 Å². The first kappa shape index (κ1) is 17.5. The molecule has 2 N–H and O–H groups in total. The summed E-state index contributed by atoms with van der Waals surface area (Å²) in [6.07, 6.45) is 6.21. The number of hydrogen-bond donors (Lipinski definition) is 2. The Hall–Kier alpha value is -1.84. The summed E-state index contributed by atoms with van der Waals surface area (Å²) in [5, 5.41) is 12.1. The number of rotatable bonds is 9. The monoisotopic (exact) mass is 317 g/mol. The van der Waals surface area contributed by atoms with Gasteiger partial charge in [0.05, 0.1) is 0 Å². The van der Waals surface area contributed by atoms with Crippen LogP contribution in [-0.4, -0.2) is 23.0 Å². The molecule has 1 aliphatic carbocycles. The summed E-state index contributed by atoms with van der Waals surface area (Å²) in [6, 6.07) is 9.82. The van der Waals surface area contributed by atoms with Crippen LogP contribution in [0, 0.1) is 5.41 Å². The van der Waals surface area contributed by atoms with E-state index in [0.29, 0.717) is 12.8 Å². The van der Waals surface area contributed by atoms with Gasteiger partial charge in [-0.15, -0.1) is 0 Å². The fourth-order valence-electron chi connectivity index (χ4n) is 3.43. The number of carbonyl (C=O) groups is 2. The van der Waals surface area contributed by atoms with Crippen molar-refractivity contribution in [2.24, 2.45) is 5.41 Å². The van der Waals surface area contributed by atoms with Crippen molar-refractivity contribution in [1.29, 1.82) is 0 Å². The van der Waals surface area contributed by atoms with Crippen LogP contribution in [0.3, 0.4) is 0 Å². The molecule has 126 valence electrons. The van der Waals surface area contributed by atoms with Crippen molar-refractivity contribution < 1.29 is 14.7 Å². The van der Waals surface area contributed by atoms with Gasteiger partial charge >= 0.3 is 5.97 Å². The van der Waals surface area contributed by atoms with Crippen molar-refractivity contribution in [1.82, 2.24) is 5.32 Å². The Morgan fingerprint density at radius 1 is 1.26 bits per heavy atom. The fourth-order valence-corrected chi connectivity index (χ4v) is 3.43. The highest BCUT2D eigenvalue weighted by atomic mass is 16.4. The van der Waals surface area contributed by atoms with Gasteiger partial charge in [-0.1, -0.05) is 50.1 Å². The van der Waals surface area contributed by atoms with Crippen molar-refractivity contribution in [3.63, 3.8) is 0 Å². The highest BCUT2D eigenvalue weighted by Crippen LogP contribution is 2.45. The van der Waals surface area contributed by atoms with Gasteiger partial charge in [-0.2, -0.15) is 0 Å². The average molecular weight is 317 g/mol. The van der Waals surface area contributed by atoms with Crippen LogP contribution in [0.25, 0.3) is 0 Å². The van der Waals surface area contributed by atoms with E-state index in [1.54, 1.807) is 0 Å². The molecule has 23 heavy (non-hydrogen) atoms. The molecule has 1 aromatic rings. The summed E-state index contributed by atoms with van der Waals surface area (Å²) in [7, 11) is 0. The van der Waals surface area contributed by atoms with E-state index in [1.807, 2.05) is 30.3 Å². The molecule has 1 amide bonds. The molecular weight excluding hydrogens is 290 g/mol. The Balaban J connectivity index is 2.01. The molecule has 1 saturated carbocycles.